The minimum Gasteiger partial charge on any atom is -0.278 e. The smallest absolute Gasteiger partial charge is 0.235 e. The van der Waals surface area contributed by atoms with Crippen molar-refractivity contribution < 1.29 is 0 Å². The van der Waals surface area contributed by atoms with Crippen molar-refractivity contribution in [1.82, 2.24) is 14.5 Å². The van der Waals surface area contributed by atoms with Gasteiger partial charge in [0.15, 0.2) is 0 Å². The Bertz CT molecular complexity index is 3120. The molecular formula is C46H27N3. The summed E-state index contributed by atoms with van der Waals surface area (Å²) in [5, 5.41) is 15.8. The van der Waals surface area contributed by atoms with E-state index in [2.05, 4.69) is 168 Å². The van der Waals surface area contributed by atoms with Crippen LogP contribution in [0.25, 0.3) is 104 Å². The summed E-state index contributed by atoms with van der Waals surface area (Å²) in [6.07, 6.45) is 0. The van der Waals surface area contributed by atoms with Gasteiger partial charge in [-0.2, -0.15) is 0 Å². The van der Waals surface area contributed by atoms with E-state index in [0.717, 1.165) is 44.0 Å². The number of aromatic nitrogens is 3. The second-order valence-corrected chi connectivity index (χ2v) is 12.9. The molecule has 49 heavy (non-hydrogen) atoms. The van der Waals surface area contributed by atoms with Gasteiger partial charge in [-0.25, -0.2) is 9.97 Å². The van der Waals surface area contributed by atoms with E-state index in [4.69, 9.17) is 9.97 Å². The highest BCUT2D eigenvalue weighted by molar-refractivity contribution is 6.37. The molecule has 0 aliphatic carbocycles. The summed E-state index contributed by atoms with van der Waals surface area (Å²) in [4.78, 5) is 10.9. The van der Waals surface area contributed by atoms with Gasteiger partial charge >= 0.3 is 0 Å². The van der Waals surface area contributed by atoms with Crippen molar-refractivity contribution in [2.24, 2.45) is 0 Å². The quantitative estimate of drug-likeness (QED) is 0.180. The highest BCUT2D eigenvalue weighted by atomic mass is 15.2. The Balaban J connectivity index is 1.39. The summed E-state index contributed by atoms with van der Waals surface area (Å²) in [7, 11) is 0. The van der Waals surface area contributed by atoms with E-state index in [-0.39, 0.29) is 0 Å². The third-order valence-electron chi connectivity index (χ3n) is 10.4. The fourth-order valence-corrected chi connectivity index (χ4v) is 8.25. The van der Waals surface area contributed by atoms with E-state index in [1.54, 1.807) is 0 Å². The number of benzene rings is 9. The van der Waals surface area contributed by atoms with Crippen molar-refractivity contribution in [1.29, 1.82) is 0 Å². The summed E-state index contributed by atoms with van der Waals surface area (Å²) < 4.78 is 2.30. The molecule has 0 spiro atoms. The zero-order valence-electron chi connectivity index (χ0n) is 26.4. The van der Waals surface area contributed by atoms with Crippen LogP contribution in [0.1, 0.15) is 0 Å². The van der Waals surface area contributed by atoms with Gasteiger partial charge in [-0.3, -0.25) is 4.57 Å². The zero-order valence-corrected chi connectivity index (χ0v) is 26.4. The molecule has 0 saturated heterocycles. The van der Waals surface area contributed by atoms with Gasteiger partial charge in [0.25, 0.3) is 0 Å². The lowest BCUT2D eigenvalue weighted by Crippen LogP contribution is -2.04. The summed E-state index contributed by atoms with van der Waals surface area (Å²) in [5.41, 5.74) is 5.14. The van der Waals surface area contributed by atoms with Crippen LogP contribution in [-0.2, 0) is 0 Å². The minimum absolute atomic E-state index is 0.669. The summed E-state index contributed by atoms with van der Waals surface area (Å²) >= 11 is 0. The van der Waals surface area contributed by atoms with E-state index in [9.17, 15) is 0 Å². The maximum absolute atomic E-state index is 5.46. The lowest BCUT2D eigenvalue weighted by atomic mass is 9.91. The first-order valence-electron chi connectivity index (χ1n) is 16.8. The fraction of sp³-hybridized carbons (Fsp3) is 0. The highest BCUT2D eigenvalue weighted by Gasteiger charge is 2.22. The third kappa shape index (κ3) is 3.67. The first kappa shape index (κ1) is 26.5. The summed E-state index contributed by atoms with van der Waals surface area (Å²) in [6, 6.07) is 58.9. The molecule has 0 aliphatic heterocycles. The fourth-order valence-electron chi connectivity index (χ4n) is 8.25. The van der Waals surface area contributed by atoms with Crippen LogP contribution in [0.4, 0.5) is 0 Å². The predicted molar refractivity (Wildman–Crippen MR) is 207 cm³/mol. The predicted octanol–water partition coefficient (Wildman–Crippen LogP) is 12.2. The first-order chi connectivity index (χ1) is 24.3. The molecule has 0 radical (unpaired) electrons. The topological polar surface area (TPSA) is 30.7 Å². The number of nitrogens with zero attached hydrogens (tertiary/aromatic N) is 3. The Labute approximate surface area is 281 Å². The Morgan fingerprint density at radius 2 is 0.837 bits per heavy atom. The monoisotopic (exact) mass is 621 g/mol. The van der Waals surface area contributed by atoms with E-state index in [1.165, 1.54) is 53.9 Å². The molecule has 0 atom stereocenters. The van der Waals surface area contributed by atoms with E-state index < -0.39 is 0 Å². The molecule has 0 N–H and O–H groups in total. The zero-order chi connectivity index (χ0) is 32.1. The van der Waals surface area contributed by atoms with E-state index in [0.29, 0.717) is 5.95 Å². The third-order valence-corrected chi connectivity index (χ3v) is 10.4. The molecule has 2 heterocycles. The lowest BCUT2D eigenvalue weighted by molar-refractivity contribution is 1.02. The molecule has 2 aromatic heterocycles. The van der Waals surface area contributed by atoms with Crippen LogP contribution in [0.5, 0.6) is 0 Å². The van der Waals surface area contributed by atoms with Crippen LogP contribution in [-0.4, -0.2) is 14.5 Å². The maximum atomic E-state index is 5.46. The van der Waals surface area contributed by atoms with Crippen LogP contribution in [0.2, 0.25) is 0 Å². The van der Waals surface area contributed by atoms with Gasteiger partial charge < -0.3 is 0 Å². The number of rotatable bonds is 2. The van der Waals surface area contributed by atoms with Gasteiger partial charge in [0.2, 0.25) is 5.95 Å². The maximum Gasteiger partial charge on any atom is 0.235 e. The molecule has 9 aromatic carbocycles. The van der Waals surface area contributed by atoms with Gasteiger partial charge in [0.1, 0.15) is 0 Å². The molecule has 0 fully saturated rings. The van der Waals surface area contributed by atoms with Crippen LogP contribution < -0.4 is 0 Å². The molecule has 3 heteroatoms. The SMILES string of the molecule is c1ccc(-c2nc(-n3c4ccc5ccccc5c4c4c5c6ccccc6c6ccccc6c5ccc43)nc3c2ccc2ccccc23)cc1. The number of hydrogen-bond donors (Lipinski definition) is 0. The normalized spacial score (nSPS) is 12.1. The molecular weight excluding hydrogens is 595 g/mol. The molecule has 11 rings (SSSR count). The molecule has 0 amide bonds. The average Bonchev–Trinajstić information content (AvgIpc) is 3.53. The molecule has 0 unspecified atom stereocenters. The molecule has 3 nitrogen and oxygen atoms in total. The number of hydrogen-bond acceptors (Lipinski definition) is 2. The summed E-state index contributed by atoms with van der Waals surface area (Å²) in [5.74, 6) is 0.669. The average molecular weight is 622 g/mol. The standard InChI is InChI=1S/C46H27N3/c1-2-14-30(15-3-1)44-38-24-22-29-13-5-7-17-32(29)45(38)48-46(47-44)49-39-26-23-28-12-4-6-16-31(28)42(39)43-40(49)27-25-37-35-20-9-8-18-33(35)34-19-10-11-21-36(34)41(37)43/h1-27H. The van der Waals surface area contributed by atoms with Crippen molar-refractivity contribution in [3.63, 3.8) is 0 Å². The molecule has 11 aromatic rings. The van der Waals surface area contributed by atoms with Gasteiger partial charge in [-0.05, 0) is 61.3 Å². The van der Waals surface area contributed by atoms with Gasteiger partial charge in [0.05, 0.1) is 22.2 Å². The molecule has 0 bridgehead atoms. The van der Waals surface area contributed by atoms with Crippen molar-refractivity contribution in [3.05, 3.63) is 164 Å². The van der Waals surface area contributed by atoms with Crippen LogP contribution in [0, 0.1) is 0 Å². The lowest BCUT2D eigenvalue weighted by Gasteiger charge is -2.14. The number of fused-ring (bicyclic) bond motifs is 15. The van der Waals surface area contributed by atoms with Crippen molar-refractivity contribution in [2.45, 2.75) is 0 Å². The van der Waals surface area contributed by atoms with E-state index in [1.807, 2.05) is 0 Å². The Morgan fingerprint density at radius 3 is 1.59 bits per heavy atom. The Morgan fingerprint density at radius 1 is 0.327 bits per heavy atom. The molecule has 226 valence electrons. The van der Waals surface area contributed by atoms with Crippen molar-refractivity contribution in [3.8, 4) is 17.2 Å². The first-order valence-corrected chi connectivity index (χ1v) is 16.8. The largest absolute Gasteiger partial charge is 0.278 e. The van der Waals surface area contributed by atoms with Gasteiger partial charge in [-0.1, -0.05) is 146 Å². The second kappa shape index (κ2) is 9.96. The van der Waals surface area contributed by atoms with E-state index >= 15 is 0 Å². The Hall–Kier alpha value is -6.58. The van der Waals surface area contributed by atoms with Crippen molar-refractivity contribution in [2.75, 3.05) is 0 Å². The van der Waals surface area contributed by atoms with Crippen LogP contribution in [0.15, 0.2) is 164 Å². The van der Waals surface area contributed by atoms with Gasteiger partial charge in [-0.15, -0.1) is 0 Å². The molecule has 0 saturated carbocycles. The van der Waals surface area contributed by atoms with Gasteiger partial charge in [0, 0.05) is 32.5 Å². The van der Waals surface area contributed by atoms with Crippen molar-refractivity contribution >= 4 is 86.6 Å². The van der Waals surface area contributed by atoms with Crippen LogP contribution >= 0.6 is 0 Å². The van der Waals surface area contributed by atoms with Crippen LogP contribution in [0.3, 0.4) is 0 Å². The second-order valence-electron chi connectivity index (χ2n) is 12.9. The summed E-state index contributed by atoms with van der Waals surface area (Å²) in [6.45, 7) is 0. The molecule has 0 aliphatic rings. The highest BCUT2D eigenvalue weighted by Crippen LogP contribution is 2.45. The minimum atomic E-state index is 0.669. The Kier molecular flexibility index (Phi) is 5.38.